The van der Waals surface area contributed by atoms with Crippen molar-refractivity contribution >= 4 is 32.8 Å². The third kappa shape index (κ3) is 6.33. The first kappa shape index (κ1) is 38.7. The zero-order valence-electron chi connectivity index (χ0n) is 37.0. The van der Waals surface area contributed by atoms with Crippen LogP contribution in [0.2, 0.25) is 0 Å². The molecular formula is C61H42N6. The van der Waals surface area contributed by atoms with Gasteiger partial charge in [-0.2, -0.15) is 9.97 Å². The molecule has 13 rings (SSSR count). The normalized spacial score (nSPS) is 12.7. The third-order valence-corrected chi connectivity index (χ3v) is 13.6. The number of aromatic nitrogens is 6. The summed E-state index contributed by atoms with van der Waals surface area (Å²) in [5.74, 6) is 2.57. The third-order valence-electron chi connectivity index (χ3n) is 13.6. The minimum absolute atomic E-state index is 0.196. The van der Waals surface area contributed by atoms with Crippen LogP contribution in [0.3, 0.4) is 0 Å². The predicted octanol–water partition coefficient (Wildman–Crippen LogP) is 14.9. The lowest BCUT2D eigenvalue weighted by molar-refractivity contribution is 0.660. The van der Waals surface area contributed by atoms with E-state index in [0.29, 0.717) is 17.6 Å². The van der Waals surface area contributed by atoms with Gasteiger partial charge < -0.3 is 0 Å². The van der Waals surface area contributed by atoms with Gasteiger partial charge in [-0.15, -0.1) is 0 Å². The van der Waals surface area contributed by atoms with Crippen LogP contribution in [0.15, 0.2) is 218 Å². The van der Waals surface area contributed by atoms with Gasteiger partial charge in [0.25, 0.3) is 0 Å². The Morgan fingerprint density at radius 2 is 0.881 bits per heavy atom. The Kier molecular flexibility index (Phi) is 8.77. The first-order valence-corrected chi connectivity index (χ1v) is 22.8. The number of para-hydroxylation sites is 3. The maximum Gasteiger partial charge on any atom is 0.238 e. The van der Waals surface area contributed by atoms with Crippen LogP contribution >= 0.6 is 0 Å². The van der Waals surface area contributed by atoms with Gasteiger partial charge in [0.1, 0.15) is 5.82 Å². The zero-order valence-corrected chi connectivity index (χ0v) is 37.0. The average Bonchev–Trinajstić information content (AvgIpc) is 4.02. The van der Waals surface area contributed by atoms with Crippen LogP contribution in [0.5, 0.6) is 0 Å². The lowest BCUT2D eigenvalue weighted by Gasteiger charge is -2.21. The molecule has 1 aliphatic carbocycles. The summed E-state index contributed by atoms with van der Waals surface area (Å²) in [6, 6.07) is 77.2. The van der Waals surface area contributed by atoms with Crippen molar-refractivity contribution in [3.05, 3.63) is 230 Å². The highest BCUT2D eigenvalue weighted by molar-refractivity contribution is 6.11. The molecule has 0 aliphatic heterocycles. The Hall–Kier alpha value is -8.74. The van der Waals surface area contributed by atoms with Crippen molar-refractivity contribution in [2.75, 3.05) is 0 Å². The van der Waals surface area contributed by atoms with Crippen LogP contribution in [-0.2, 0) is 5.41 Å². The van der Waals surface area contributed by atoms with E-state index in [0.717, 1.165) is 83.3 Å². The largest absolute Gasteiger partial charge is 0.292 e. The summed E-state index contributed by atoms with van der Waals surface area (Å²) >= 11 is 0. The highest BCUT2D eigenvalue weighted by atomic mass is 15.2. The van der Waals surface area contributed by atoms with E-state index < -0.39 is 0 Å². The van der Waals surface area contributed by atoms with Gasteiger partial charge in [0.05, 0.1) is 22.1 Å². The number of benzene rings is 9. The van der Waals surface area contributed by atoms with Crippen molar-refractivity contribution in [1.82, 2.24) is 29.1 Å². The Morgan fingerprint density at radius 3 is 1.57 bits per heavy atom. The van der Waals surface area contributed by atoms with Gasteiger partial charge in [0.15, 0.2) is 11.6 Å². The number of nitrogens with zero attached hydrogens (tertiary/aromatic N) is 6. The molecule has 0 unspecified atom stereocenters. The molecule has 0 saturated carbocycles. The van der Waals surface area contributed by atoms with Crippen LogP contribution in [0.25, 0.3) is 112 Å². The minimum Gasteiger partial charge on any atom is -0.292 e. The van der Waals surface area contributed by atoms with Crippen molar-refractivity contribution in [2.24, 2.45) is 0 Å². The number of imidazole rings is 1. The van der Waals surface area contributed by atoms with Gasteiger partial charge >= 0.3 is 0 Å². The molecule has 0 radical (unpaired) electrons. The van der Waals surface area contributed by atoms with Crippen LogP contribution < -0.4 is 0 Å². The van der Waals surface area contributed by atoms with E-state index >= 15 is 0 Å². The predicted molar refractivity (Wildman–Crippen MR) is 274 cm³/mol. The van der Waals surface area contributed by atoms with Gasteiger partial charge in [-0.3, -0.25) is 9.13 Å². The van der Waals surface area contributed by atoms with Crippen molar-refractivity contribution < 1.29 is 0 Å². The van der Waals surface area contributed by atoms with Gasteiger partial charge in [0.2, 0.25) is 5.95 Å². The Balaban J connectivity index is 1.05. The molecule has 12 aromatic rings. The van der Waals surface area contributed by atoms with Crippen molar-refractivity contribution in [3.8, 4) is 79.2 Å². The topological polar surface area (TPSA) is 61.4 Å². The molecule has 0 saturated heterocycles. The molecule has 67 heavy (non-hydrogen) atoms. The summed E-state index contributed by atoms with van der Waals surface area (Å²) < 4.78 is 4.45. The molecule has 1 aliphatic rings. The summed E-state index contributed by atoms with van der Waals surface area (Å²) in [5.41, 5.74) is 17.3. The maximum atomic E-state index is 5.44. The molecule has 0 N–H and O–H groups in total. The first-order valence-electron chi connectivity index (χ1n) is 22.8. The minimum atomic E-state index is -0.196. The molecule has 0 spiro atoms. The van der Waals surface area contributed by atoms with Crippen LogP contribution in [-0.4, -0.2) is 29.1 Å². The van der Waals surface area contributed by atoms with Crippen LogP contribution in [0, 0.1) is 0 Å². The van der Waals surface area contributed by atoms with E-state index in [9.17, 15) is 0 Å². The second-order valence-electron chi connectivity index (χ2n) is 17.9. The summed E-state index contributed by atoms with van der Waals surface area (Å²) in [7, 11) is 0. The highest BCUT2D eigenvalue weighted by Gasteiger charge is 2.35. The fourth-order valence-electron chi connectivity index (χ4n) is 10.3. The smallest absolute Gasteiger partial charge is 0.238 e. The molecule has 0 bridgehead atoms. The van der Waals surface area contributed by atoms with Crippen molar-refractivity contribution in [3.63, 3.8) is 0 Å². The van der Waals surface area contributed by atoms with Crippen molar-refractivity contribution in [2.45, 2.75) is 19.3 Å². The quantitative estimate of drug-likeness (QED) is 0.160. The summed E-state index contributed by atoms with van der Waals surface area (Å²) in [4.78, 5) is 21.5. The molecule has 3 aromatic heterocycles. The molecule has 0 atom stereocenters. The Morgan fingerprint density at radius 1 is 0.343 bits per heavy atom. The van der Waals surface area contributed by atoms with Crippen molar-refractivity contribution in [1.29, 1.82) is 0 Å². The summed E-state index contributed by atoms with van der Waals surface area (Å²) in [6.45, 7) is 4.62. The van der Waals surface area contributed by atoms with E-state index in [4.69, 9.17) is 19.9 Å². The fraction of sp³-hybridized carbons (Fsp3) is 0.0492. The Bertz CT molecular complexity index is 3790. The highest BCUT2D eigenvalue weighted by Crippen LogP contribution is 2.49. The molecule has 3 heterocycles. The van der Waals surface area contributed by atoms with E-state index in [1.54, 1.807) is 0 Å². The Labute approximate surface area is 388 Å². The molecule has 9 aromatic carbocycles. The standard InChI is InChI=1S/C61H42N6/c1-61(2)51-26-13-12-25-47(51)48-32-29-44(38-52(48)61)58-63-57(43-21-16-22-45(35-43)59-62-53-27-14-15-28-56(53)66(59)46-23-10-5-11-24-46)64-60(65-58)67-54-33-30-41(39-17-6-3-7-18-39)36-49(54)50-37-42(31-34-55(50)67)40-19-8-4-9-20-40/h3-38H,1-2H3. The van der Waals surface area contributed by atoms with E-state index in [1.165, 1.54) is 22.3 Å². The summed E-state index contributed by atoms with van der Waals surface area (Å²) in [6.07, 6.45) is 0. The van der Waals surface area contributed by atoms with Crippen LogP contribution in [0.4, 0.5) is 0 Å². The molecule has 0 fully saturated rings. The first-order chi connectivity index (χ1) is 33.0. The molecule has 6 nitrogen and oxygen atoms in total. The SMILES string of the molecule is CC1(C)c2ccccc2-c2ccc(-c3nc(-c4cccc(-c5nc6ccccc6n5-c5ccccc5)c4)nc(-n4c5ccc(-c6ccccc6)cc5c5cc(-c6ccccc6)ccc54)n3)cc21. The fourth-order valence-corrected chi connectivity index (χ4v) is 10.3. The molecule has 6 heteroatoms. The average molecular weight is 859 g/mol. The van der Waals surface area contributed by atoms with E-state index in [1.807, 2.05) is 12.1 Å². The van der Waals surface area contributed by atoms with Crippen LogP contribution in [0.1, 0.15) is 25.0 Å². The monoisotopic (exact) mass is 858 g/mol. The van der Waals surface area contributed by atoms with Gasteiger partial charge in [-0.05, 0) is 105 Å². The second kappa shape index (κ2) is 15.2. The lowest BCUT2D eigenvalue weighted by Crippen LogP contribution is -2.15. The summed E-state index contributed by atoms with van der Waals surface area (Å²) in [5, 5.41) is 2.24. The van der Waals surface area contributed by atoms with Gasteiger partial charge in [0, 0.05) is 38.6 Å². The maximum absolute atomic E-state index is 5.44. The zero-order chi connectivity index (χ0) is 44.6. The lowest BCUT2D eigenvalue weighted by atomic mass is 9.82. The molecule has 316 valence electrons. The number of hydrogen-bond donors (Lipinski definition) is 0. The second-order valence-corrected chi connectivity index (χ2v) is 17.9. The van der Waals surface area contributed by atoms with Gasteiger partial charge in [-0.1, -0.05) is 172 Å². The molecule has 0 amide bonds. The number of fused-ring (bicyclic) bond motifs is 7. The number of hydrogen-bond acceptors (Lipinski definition) is 4. The van der Waals surface area contributed by atoms with Gasteiger partial charge in [-0.25, -0.2) is 9.97 Å². The number of rotatable bonds is 7. The van der Waals surface area contributed by atoms with E-state index in [-0.39, 0.29) is 5.41 Å². The molecular weight excluding hydrogens is 817 g/mol. The van der Waals surface area contributed by atoms with E-state index in [2.05, 4.69) is 229 Å².